The number of amides is 1. The fraction of sp³-hybridized carbons (Fsp3) is 0.500. The third-order valence-corrected chi connectivity index (χ3v) is 4.11. The third-order valence-electron chi connectivity index (χ3n) is 3.45. The van der Waals surface area contributed by atoms with E-state index in [4.69, 9.17) is 34.8 Å². The first-order valence-electron chi connectivity index (χ1n) is 6.46. The second-order valence-electron chi connectivity index (χ2n) is 4.82. The first kappa shape index (κ1) is 15.0. The van der Waals surface area contributed by atoms with Gasteiger partial charge in [-0.05, 0) is 31.0 Å². The van der Waals surface area contributed by atoms with E-state index >= 15 is 0 Å². The van der Waals surface area contributed by atoms with Gasteiger partial charge in [0.05, 0.1) is 0 Å². The highest BCUT2D eigenvalue weighted by atomic mass is 35.5. The van der Waals surface area contributed by atoms with Crippen LogP contribution in [0.4, 0.5) is 5.69 Å². The van der Waals surface area contributed by atoms with E-state index in [-0.39, 0.29) is 17.8 Å². The van der Waals surface area contributed by atoms with Gasteiger partial charge in [0.2, 0.25) is 5.91 Å². The summed E-state index contributed by atoms with van der Waals surface area (Å²) >= 11 is 17.8. The number of hydrogen-bond donors (Lipinski definition) is 0. The topological polar surface area (TPSA) is 20.3 Å². The van der Waals surface area contributed by atoms with E-state index in [1.54, 1.807) is 23.1 Å². The second-order valence-corrected chi connectivity index (χ2v) is 5.96. The number of alkyl halides is 1. The Bertz CT molecular complexity index is 438. The standard InChI is InChI=1S/C14H16Cl3NO/c15-9-14(19)18(12-4-2-1-3-5-12)13-7-10(16)6-11(17)8-13/h6-8,12H,1-5,9H2. The molecule has 0 atom stereocenters. The second kappa shape index (κ2) is 6.83. The first-order chi connectivity index (χ1) is 9.11. The summed E-state index contributed by atoms with van der Waals surface area (Å²) in [6.07, 6.45) is 5.53. The molecule has 0 aliphatic heterocycles. The summed E-state index contributed by atoms with van der Waals surface area (Å²) in [5, 5.41) is 1.07. The number of carbonyl (C=O) groups is 1. The lowest BCUT2D eigenvalue weighted by Crippen LogP contribution is -2.42. The van der Waals surface area contributed by atoms with Crippen molar-refractivity contribution in [1.29, 1.82) is 0 Å². The van der Waals surface area contributed by atoms with Crippen LogP contribution in [0, 0.1) is 0 Å². The zero-order chi connectivity index (χ0) is 13.8. The molecule has 0 radical (unpaired) electrons. The van der Waals surface area contributed by atoms with E-state index in [1.807, 2.05) is 0 Å². The van der Waals surface area contributed by atoms with Gasteiger partial charge in [-0.15, -0.1) is 11.6 Å². The normalized spacial score (nSPS) is 16.4. The highest BCUT2D eigenvalue weighted by Crippen LogP contribution is 2.31. The molecule has 0 saturated heterocycles. The van der Waals surface area contributed by atoms with E-state index in [0.29, 0.717) is 10.0 Å². The molecule has 1 aliphatic carbocycles. The predicted octanol–water partition coefficient (Wildman–Crippen LogP) is 4.90. The summed E-state index contributed by atoms with van der Waals surface area (Å²) in [7, 11) is 0. The molecular weight excluding hydrogens is 305 g/mol. The average molecular weight is 321 g/mol. The zero-order valence-electron chi connectivity index (χ0n) is 10.5. The largest absolute Gasteiger partial charge is 0.308 e. The van der Waals surface area contributed by atoms with E-state index in [9.17, 15) is 4.79 Å². The molecule has 0 aromatic heterocycles. The molecule has 0 heterocycles. The van der Waals surface area contributed by atoms with Crippen LogP contribution in [0.3, 0.4) is 0 Å². The molecule has 104 valence electrons. The Morgan fingerprint density at radius 2 is 1.68 bits per heavy atom. The number of rotatable bonds is 3. The minimum atomic E-state index is -0.0908. The molecule has 1 saturated carbocycles. The van der Waals surface area contributed by atoms with Gasteiger partial charge in [0, 0.05) is 21.8 Å². The zero-order valence-corrected chi connectivity index (χ0v) is 12.8. The Balaban J connectivity index is 2.33. The van der Waals surface area contributed by atoms with Crippen molar-refractivity contribution in [2.75, 3.05) is 10.8 Å². The molecule has 0 N–H and O–H groups in total. The SMILES string of the molecule is O=C(CCl)N(c1cc(Cl)cc(Cl)c1)C1CCCCC1. The van der Waals surface area contributed by atoms with Gasteiger partial charge in [0.25, 0.3) is 0 Å². The smallest absolute Gasteiger partial charge is 0.242 e. The van der Waals surface area contributed by atoms with Crippen LogP contribution in [0.15, 0.2) is 18.2 Å². The fourth-order valence-corrected chi connectivity index (χ4v) is 3.28. The van der Waals surface area contributed by atoms with Gasteiger partial charge in [-0.2, -0.15) is 0 Å². The van der Waals surface area contributed by atoms with Gasteiger partial charge < -0.3 is 4.90 Å². The van der Waals surface area contributed by atoms with Crippen molar-refractivity contribution in [2.24, 2.45) is 0 Å². The van der Waals surface area contributed by atoms with Crippen LogP contribution in [-0.4, -0.2) is 17.8 Å². The monoisotopic (exact) mass is 319 g/mol. The fourth-order valence-electron chi connectivity index (χ4n) is 2.64. The maximum Gasteiger partial charge on any atom is 0.242 e. The van der Waals surface area contributed by atoms with Gasteiger partial charge in [-0.3, -0.25) is 4.79 Å². The Morgan fingerprint density at radius 1 is 1.11 bits per heavy atom. The van der Waals surface area contributed by atoms with E-state index < -0.39 is 0 Å². The summed E-state index contributed by atoms with van der Waals surface area (Å²) in [6, 6.07) is 5.41. The van der Waals surface area contributed by atoms with Crippen LogP contribution >= 0.6 is 34.8 Å². The van der Waals surface area contributed by atoms with Crippen LogP contribution in [0.25, 0.3) is 0 Å². The van der Waals surface area contributed by atoms with Crippen molar-refractivity contribution in [3.05, 3.63) is 28.2 Å². The Kier molecular flexibility index (Phi) is 5.37. The number of benzene rings is 1. The van der Waals surface area contributed by atoms with Crippen molar-refractivity contribution < 1.29 is 4.79 Å². The number of anilines is 1. The van der Waals surface area contributed by atoms with Crippen LogP contribution in [0.5, 0.6) is 0 Å². The summed E-state index contributed by atoms with van der Waals surface area (Å²) in [5.74, 6) is -0.118. The predicted molar refractivity (Wildman–Crippen MR) is 81.5 cm³/mol. The summed E-state index contributed by atoms with van der Waals surface area (Å²) in [6.45, 7) is 0. The highest BCUT2D eigenvalue weighted by Gasteiger charge is 2.26. The van der Waals surface area contributed by atoms with E-state index in [1.165, 1.54) is 6.42 Å². The summed E-state index contributed by atoms with van der Waals surface area (Å²) in [5.41, 5.74) is 0.745. The van der Waals surface area contributed by atoms with E-state index in [2.05, 4.69) is 0 Å². The molecule has 5 heteroatoms. The Hall–Kier alpha value is -0.440. The molecule has 1 aromatic rings. The molecule has 2 nitrogen and oxygen atoms in total. The summed E-state index contributed by atoms with van der Waals surface area (Å²) < 4.78 is 0. The lowest BCUT2D eigenvalue weighted by Gasteiger charge is -2.34. The van der Waals surface area contributed by atoms with Gasteiger partial charge in [0.15, 0.2) is 0 Å². The number of nitrogens with zero attached hydrogens (tertiary/aromatic N) is 1. The van der Waals surface area contributed by atoms with Crippen LogP contribution in [0.2, 0.25) is 10.0 Å². The van der Waals surface area contributed by atoms with Crippen molar-refractivity contribution in [2.45, 2.75) is 38.1 Å². The van der Waals surface area contributed by atoms with E-state index in [0.717, 1.165) is 31.4 Å². The molecular formula is C14H16Cl3NO. The van der Waals surface area contributed by atoms with Gasteiger partial charge in [-0.25, -0.2) is 0 Å². The molecule has 1 amide bonds. The van der Waals surface area contributed by atoms with Gasteiger partial charge >= 0.3 is 0 Å². The molecule has 19 heavy (non-hydrogen) atoms. The van der Waals surface area contributed by atoms with Crippen LogP contribution in [-0.2, 0) is 4.79 Å². The highest BCUT2D eigenvalue weighted by molar-refractivity contribution is 6.35. The first-order valence-corrected chi connectivity index (χ1v) is 7.75. The lowest BCUT2D eigenvalue weighted by atomic mass is 9.93. The molecule has 0 bridgehead atoms. The minimum absolute atomic E-state index is 0.0272. The van der Waals surface area contributed by atoms with Gasteiger partial charge in [0.1, 0.15) is 5.88 Å². The molecule has 0 spiro atoms. The van der Waals surface area contributed by atoms with Crippen molar-refractivity contribution >= 4 is 46.4 Å². The minimum Gasteiger partial charge on any atom is -0.308 e. The van der Waals surface area contributed by atoms with Crippen molar-refractivity contribution in [1.82, 2.24) is 0 Å². The molecule has 1 fully saturated rings. The Morgan fingerprint density at radius 3 is 2.21 bits per heavy atom. The Labute approximate surface area is 128 Å². The van der Waals surface area contributed by atoms with Gasteiger partial charge in [-0.1, -0.05) is 42.5 Å². The lowest BCUT2D eigenvalue weighted by molar-refractivity contribution is -0.116. The maximum absolute atomic E-state index is 12.1. The number of carbonyl (C=O) groups excluding carboxylic acids is 1. The third kappa shape index (κ3) is 3.77. The maximum atomic E-state index is 12.1. The number of hydrogen-bond acceptors (Lipinski definition) is 1. The molecule has 1 aromatic carbocycles. The number of halogens is 3. The van der Waals surface area contributed by atoms with Crippen molar-refractivity contribution in [3.63, 3.8) is 0 Å². The quantitative estimate of drug-likeness (QED) is 0.726. The molecule has 0 unspecified atom stereocenters. The van der Waals surface area contributed by atoms with Crippen LogP contribution < -0.4 is 4.90 Å². The molecule has 1 aliphatic rings. The average Bonchev–Trinajstić information content (AvgIpc) is 2.39. The van der Waals surface area contributed by atoms with Crippen LogP contribution in [0.1, 0.15) is 32.1 Å². The summed E-state index contributed by atoms with van der Waals surface area (Å²) in [4.78, 5) is 13.9. The van der Waals surface area contributed by atoms with Crippen molar-refractivity contribution in [3.8, 4) is 0 Å². The molecule has 2 rings (SSSR count).